The Morgan fingerprint density at radius 1 is 1.59 bits per heavy atom. The fraction of sp³-hybridized carbons (Fsp3) is 0.400. The molecule has 0 saturated carbocycles. The summed E-state index contributed by atoms with van der Waals surface area (Å²) in [7, 11) is 0. The number of nitrogens with one attached hydrogen (secondary N) is 1. The number of pyridine rings is 1. The molecule has 90 valence electrons. The van der Waals surface area contributed by atoms with Crippen molar-refractivity contribution in [3.63, 3.8) is 0 Å². The summed E-state index contributed by atoms with van der Waals surface area (Å²) in [5, 5.41) is 13.3. The predicted molar refractivity (Wildman–Crippen MR) is 60.9 cm³/mol. The third-order valence-electron chi connectivity index (χ3n) is 2.58. The number of hydrogen-bond donors (Lipinski definition) is 1. The van der Waals surface area contributed by atoms with Gasteiger partial charge in [0.1, 0.15) is 12.0 Å². The van der Waals surface area contributed by atoms with Crippen LogP contribution in [0.3, 0.4) is 0 Å². The Kier molecular flexibility index (Phi) is 2.90. The SMILES string of the molecule is Cc1cc([N+](=O)[O-])cnc1N1CCNC(=O)C1. The Labute approximate surface area is 97.6 Å². The third kappa shape index (κ3) is 2.32. The van der Waals surface area contributed by atoms with E-state index in [2.05, 4.69) is 10.3 Å². The zero-order chi connectivity index (χ0) is 12.4. The molecule has 0 unspecified atom stereocenters. The molecule has 0 atom stereocenters. The number of hydrogen-bond acceptors (Lipinski definition) is 5. The molecule has 1 saturated heterocycles. The van der Waals surface area contributed by atoms with E-state index >= 15 is 0 Å². The highest BCUT2D eigenvalue weighted by Crippen LogP contribution is 2.21. The van der Waals surface area contributed by atoms with Crippen LogP contribution in [-0.2, 0) is 4.79 Å². The van der Waals surface area contributed by atoms with Crippen molar-refractivity contribution in [3.8, 4) is 0 Å². The van der Waals surface area contributed by atoms with Crippen LogP contribution in [0, 0.1) is 17.0 Å². The van der Waals surface area contributed by atoms with E-state index in [4.69, 9.17) is 0 Å². The van der Waals surface area contributed by atoms with Crippen molar-refractivity contribution in [2.45, 2.75) is 6.92 Å². The Bertz CT molecular complexity index is 475. The summed E-state index contributed by atoms with van der Waals surface area (Å²) >= 11 is 0. The van der Waals surface area contributed by atoms with Gasteiger partial charge in [0.2, 0.25) is 5.91 Å². The van der Waals surface area contributed by atoms with Gasteiger partial charge in [-0.3, -0.25) is 14.9 Å². The highest BCUT2D eigenvalue weighted by Gasteiger charge is 2.20. The molecule has 1 aliphatic rings. The Morgan fingerprint density at radius 2 is 2.35 bits per heavy atom. The van der Waals surface area contributed by atoms with Crippen LogP contribution in [-0.4, -0.2) is 35.4 Å². The van der Waals surface area contributed by atoms with Gasteiger partial charge in [0.15, 0.2) is 0 Å². The smallest absolute Gasteiger partial charge is 0.287 e. The lowest BCUT2D eigenvalue weighted by molar-refractivity contribution is -0.385. The van der Waals surface area contributed by atoms with E-state index in [1.165, 1.54) is 12.3 Å². The van der Waals surface area contributed by atoms with Gasteiger partial charge in [-0.2, -0.15) is 0 Å². The first-order chi connectivity index (χ1) is 8.08. The quantitative estimate of drug-likeness (QED) is 0.586. The maximum atomic E-state index is 11.2. The monoisotopic (exact) mass is 236 g/mol. The first kappa shape index (κ1) is 11.3. The molecule has 1 N–H and O–H groups in total. The largest absolute Gasteiger partial charge is 0.353 e. The maximum Gasteiger partial charge on any atom is 0.287 e. The molecule has 0 bridgehead atoms. The highest BCUT2D eigenvalue weighted by molar-refractivity contribution is 5.82. The summed E-state index contributed by atoms with van der Waals surface area (Å²) in [4.78, 5) is 27.2. The second kappa shape index (κ2) is 4.36. The molecular weight excluding hydrogens is 224 g/mol. The van der Waals surface area contributed by atoms with Crippen molar-refractivity contribution < 1.29 is 9.72 Å². The number of amides is 1. The van der Waals surface area contributed by atoms with E-state index in [1.54, 1.807) is 6.92 Å². The van der Waals surface area contributed by atoms with Gasteiger partial charge in [0, 0.05) is 19.2 Å². The van der Waals surface area contributed by atoms with E-state index in [0.717, 1.165) is 0 Å². The lowest BCUT2D eigenvalue weighted by Gasteiger charge is -2.28. The molecule has 0 spiro atoms. The number of aryl methyl sites for hydroxylation is 1. The van der Waals surface area contributed by atoms with E-state index in [1.807, 2.05) is 4.90 Å². The molecule has 1 amide bonds. The van der Waals surface area contributed by atoms with Crippen molar-refractivity contribution in [3.05, 3.63) is 27.9 Å². The summed E-state index contributed by atoms with van der Waals surface area (Å²) in [6.45, 7) is 3.22. The first-order valence-corrected chi connectivity index (χ1v) is 5.20. The van der Waals surface area contributed by atoms with Gasteiger partial charge in [0.05, 0.1) is 11.5 Å². The molecule has 7 heteroatoms. The summed E-state index contributed by atoms with van der Waals surface area (Å²) < 4.78 is 0. The topological polar surface area (TPSA) is 88.4 Å². The van der Waals surface area contributed by atoms with Crippen molar-refractivity contribution in [2.24, 2.45) is 0 Å². The number of aromatic nitrogens is 1. The van der Waals surface area contributed by atoms with Crippen LogP contribution in [0.1, 0.15) is 5.56 Å². The second-order valence-corrected chi connectivity index (χ2v) is 3.86. The summed E-state index contributed by atoms with van der Waals surface area (Å²) in [5.74, 6) is 0.571. The van der Waals surface area contributed by atoms with E-state index in [0.29, 0.717) is 24.5 Å². The Morgan fingerprint density at radius 3 is 2.94 bits per heavy atom. The van der Waals surface area contributed by atoms with Crippen LogP contribution in [0.2, 0.25) is 0 Å². The molecule has 0 radical (unpaired) electrons. The highest BCUT2D eigenvalue weighted by atomic mass is 16.6. The fourth-order valence-electron chi connectivity index (χ4n) is 1.80. The molecule has 2 rings (SSSR count). The van der Waals surface area contributed by atoms with Crippen LogP contribution in [0.15, 0.2) is 12.3 Å². The molecule has 0 aromatic carbocycles. The second-order valence-electron chi connectivity index (χ2n) is 3.86. The number of nitro groups is 1. The Hall–Kier alpha value is -2.18. The third-order valence-corrected chi connectivity index (χ3v) is 2.58. The standard InChI is InChI=1S/C10H12N4O3/c1-7-4-8(14(16)17)5-12-10(7)13-3-2-11-9(15)6-13/h4-5H,2-3,6H2,1H3,(H,11,15). The molecule has 1 aromatic rings. The minimum absolute atomic E-state index is 0.0345. The zero-order valence-electron chi connectivity index (χ0n) is 9.34. The van der Waals surface area contributed by atoms with Gasteiger partial charge in [-0.15, -0.1) is 0 Å². The van der Waals surface area contributed by atoms with Crippen molar-refractivity contribution in [2.75, 3.05) is 24.5 Å². The lowest BCUT2D eigenvalue weighted by atomic mass is 10.2. The van der Waals surface area contributed by atoms with Gasteiger partial charge >= 0.3 is 0 Å². The summed E-state index contributed by atoms with van der Waals surface area (Å²) in [6, 6.07) is 1.47. The minimum atomic E-state index is -0.479. The number of carbonyl (C=O) groups excluding carboxylic acids is 1. The normalized spacial score (nSPS) is 15.6. The molecule has 1 aromatic heterocycles. The van der Waals surface area contributed by atoms with Gasteiger partial charge in [0.25, 0.3) is 5.69 Å². The number of anilines is 1. The molecule has 2 heterocycles. The maximum absolute atomic E-state index is 11.2. The molecule has 1 aliphatic heterocycles. The Balaban J connectivity index is 2.26. The van der Waals surface area contributed by atoms with Crippen LogP contribution < -0.4 is 10.2 Å². The van der Waals surface area contributed by atoms with Gasteiger partial charge in [-0.05, 0) is 12.5 Å². The van der Waals surface area contributed by atoms with Gasteiger partial charge < -0.3 is 10.2 Å². The van der Waals surface area contributed by atoms with E-state index < -0.39 is 4.92 Å². The summed E-state index contributed by atoms with van der Waals surface area (Å²) in [6.07, 6.45) is 1.22. The average molecular weight is 236 g/mol. The van der Waals surface area contributed by atoms with E-state index in [9.17, 15) is 14.9 Å². The van der Waals surface area contributed by atoms with E-state index in [-0.39, 0.29) is 18.1 Å². The van der Waals surface area contributed by atoms with Crippen molar-refractivity contribution in [1.82, 2.24) is 10.3 Å². The molecule has 17 heavy (non-hydrogen) atoms. The number of nitrogens with zero attached hydrogens (tertiary/aromatic N) is 3. The van der Waals surface area contributed by atoms with Crippen LogP contribution in [0.4, 0.5) is 11.5 Å². The average Bonchev–Trinajstić information content (AvgIpc) is 2.28. The predicted octanol–water partition coefficient (Wildman–Crippen LogP) is 0.234. The zero-order valence-corrected chi connectivity index (χ0v) is 9.34. The molecule has 7 nitrogen and oxygen atoms in total. The molecule has 0 aliphatic carbocycles. The molecule has 1 fully saturated rings. The molecular formula is C10H12N4O3. The van der Waals surface area contributed by atoms with Gasteiger partial charge in [-0.1, -0.05) is 0 Å². The van der Waals surface area contributed by atoms with Gasteiger partial charge in [-0.25, -0.2) is 4.98 Å². The number of piperazine rings is 1. The summed E-state index contributed by atoms with van der Waals surface area (Å²) in [5.41, 5.74) is 0.668. The van der Waals surface area contributed by atoms with Crippen LogP contribution in [0.5, 0.6) is 0 Å². The number of carbonyl (C=O) groups is 1. The van der Waals surface area contributed by atoms with Crippen LogP contribution >= 0.6 is 0 Å². The lowest BCUT2D eigenvalue weighted by Crippen LogP contribution is -2.48. The number of rotatable bonds is 2. The first-order valence-electron chi connectivity index (χ1n) is 5.20. The van der Waals surface area contributed by atoms with Crippen molar-refractivity contribution in [1.29, 1.82) is 0 Å². The van der Waals surface area contributed by atoms with Crippen molar-refractivity contribution >= 4 is 17.4 Å². The van der Waals surface area contributed by atoms with Crippen LogP contribution in [0.25, 0.3) is 0 Å². The minimum Gasteiger partial charge on any atom is -0.353 e. The fourth-order valence-corrected chi connectivity index (χ4v) is 1.80.